The van der Waals surface area contributed by atoms with Gasteiger partial charge in [-0.05, 0) is 54.5 Å². The number of aliphatic imine (C=N–C) groups is 1. The fourth-order valence-corrected chi connectivity index (χ4v) is 4.84. The van der Waals surface area contributed by atoms with Crippen LogP contribution in [0.2, 0.25) is 0 Å². The lowest BCUT2D eigenvalue weighted by Crippen LogP contribution is -2.47. The second kappa shape index (κ2) is 10.6. The number of nitrogens with zero attached hydrogens (tertiary/aromatic N) is 4. The molecule has 1 aromatic carbocycles. The Hall–Kier alpha value is -2.29. The van der Waals surface area contributed by atoms with Crippen LogP contribution in [0.1, 0.15) is 41.2 Å². The lowest BCUT2D eigenvalue weighted by Gasteiger charge is -2.30. The van der Waals surface area contributed by atoms with E-state index in [1.54, 1.807) is 6.26 Å². The minimum Gasteiger partial charge on any atom is -0.469 e. The van der Waals surface area contributed by atoms with Crippen LogP contribution in [0, 0.1) is 0 Å². The van der Waals surface area contributed by atoms with Crippen LogP contribution in [0.15, 0.2) is 64.5 Å². The molecule has 7 heteroatoms. The summed E-state index contributed by atoms with van der Waals surface area (Å²) in [7, 11) is 1.99. The summed E-state index contributed by atoms with van der Waals surface area (Å²) >= 11 is 0. The summed E-state index contributed by atoms with van der Waals surface area (Å²) in [6, 6.07) is 13.2. The molecule has 0 saturated carbocycles. The predicted molar refractivity (Wildman–Crippen MR) is 138 cm³/mol. The van der Waals surface area contributed by atoms with Crippen LogP contribution in [0.3, 0.4) is 0 Å². The van der Waals surface area contributed by atoms with Crippen LogP contribution in [0.4, 0.5) is 0 Å². The van der Waals surface area contributed by atoms with Crippen LogP contribution in [-0.2, 0) is 26.3 Å². The first-order valence-corrected chi connectivity index (χ1v) is 11.4. The van der Waals surface area contributed by atoms with Gasteiger partial charge >= 0.3 is 0 Å². The standard InChI is InChI=1S/C25H31N5O.HI/c1-29-17-22(16-27-29)21-11-13-30(18-21)25(26-12-10-24-7-4-14-31-24)28-23-9-8-19-5-2-3-6-20(19)15-23;/h2-7,14,16-17,21,23H,8-13,15,18H2,1H3,(H,26,28);1H. The second-order valence-electron chi connectivity index (χ2n) is 8.77. The summed E-state index contributed by atoms with van der Waals surface area (Å²) in [6.07, 6.45) is 11.2. The number of hydrogen-bond acceptors (Lipinski definition) is 3. The first kappa shape index (κ1) is 22.9. The number of benzene rings is 1. The summed E-state index contributed by atoms with van der Waals surface area (Å²) in [4.78, 5) is 7.45. The van der Waals surface area contributed by atoms with Gasteiger partial charge in [0, 0.05) is 51.3 Å². The van der Waals surface area contributed by atoms with Crippen LogP contribution < -0.4 is 5.32 Å². The molecule has 2 aromatic heterocycles. The van der Waals surface area contributed by atoms with Gasteiger partial charge in [0.15, 0.2) is 5.96 Å². The van der Waals surface area contributed by atoms with Gasteiger partial charge in [-0.2, -0.15) is 5.10 Å². The van der Waals surface area contributed by atoms with E-state index in [0.717, 1.165) is 63.5 Å². The molecule has 0 amide bonds. The van der Waals surface area contributed by atoms with Crippen molar-refractivity contribution in [2.75, 3.05) is 19.6 Å². The van der Waals surface area contributed by atoms with Crippen molar-refractivity contribution < 1.29 is 4.42 Å². The SMILES string of the molecule is Cn1cc(C2CCN(C(=NCCc3ccco3)NC3CCc4ccccc4C3)C2)cn1.I. The van der Waals surface area contributed by atoms with Gasteiger partial charge in [-0.25, -0.2) is 0 Å². The zero-order valence-corrected chi connectivity index (χ0v) is 20.9. The lowest BCUT2D eigenvalue weighted by atomic mass is 9.88. The zero-order valence-electron chi connectivity index (χ0n) is 18.6. The molecule has 2 unspecified atom stereocenters. The Bertz CT molecular complexity index is 1030. The summed E-state index contributed by atoms with van der Waals surface area (Å²) in [6.45, 7) is 2.74. The molecule has 1 aliphatic carbocycles. The minimum absolute atomic E-state index is 0. The van der Waals surface area contributed by atoms with Crippen molar-refractivity contribution in [3.8, 4) is 0 Å². The van der Waals surface area contributed by atoms with Crippen molar-refractivity contribution in [2.24, 2.45) is 12.0 Å². The molecule has 1 fully saturated rings. The Morgan fingerprint density at radius 2 is 2.06 bits per heavy atom. The number of fused-ring (bicyclic) bond motifs is 1. The van der Waals surface area contributed by atoms with E-state index in [2.05, 4.69) is 45.8 Å². The minimum atomic E-state index is 0. The zero-order chi connectivity index (χ0) is 21.0. The van der Waals surface area contributed by atoms with Gasteiger partial charge in [0.1, 0.15) is 5.76 Å². The highest BCUT2D eigenvalue weighted by molar-refractivity contribution is 14.0. The molecule has 1 aliphatic heterocycles. The van der Waals surface area contributed by atoms with Gasteiger partial charge in [-0.1, -0.05) is 24.3 Å². The fraction of sp³-hybridized carbons (Fsp3) is 0.440. The van der Waals surface area contributed by atoms with Gasteiger partial charge < -0.3 is 14.6 Å². The first-order chi connectivity index (χ1) is 15.2. The maximum absolute atomic E-state index is 5.49. The molecule has 3 heterocycles. The van der Waals surface area contributed by atoms with E-state index in [1.165, 1.54) is 16.7 Å². The van der Waals surface area contributed by atoms with Gasteiger partial charge in [0.25, 0.3) is 0 Å². The number of aryl methyl sites for hydroxylation is 2. The number of guanidine groups is 1. The Morgan fingerprint density at radius 3 is 2.84 bits per heavy atom. The number of halogens is 1. The third kappa shape index (κ3) is 5.36. The summed E-state index contributed by atoms with van der Waals surface area (Å²) in [5, 5.41) is 8.19. The van der Waals surface area contributed by atoms with Crippen molar-refractivity contribution >= 4 is 29.9 Å². The number of furan rings is 1. The molecule has 3 aromatic rings. The summed E-state index contributed by atoms with van der Waals surface area (Å²) in [5.74, 6) is 2.55. The van der Waals surface area contributed by atoms with Gasteiger partial charge in [-0.15, -0.1) is 24.0 Å². The van der Waals surface area contributed by atoms with Crippen LogP contribution in [0.25, 0.3) is 0 Å². The molecule has 5 rings (SSSR count). The third-order valence-corrected chi connectivity index (χ3v) is 6.56. The van der Waals surface area contributed by atoms with E-state index in [1.807, 2.05) is 30.1 Å². The van der Waals surface area contributed by atoms with E-state index in [0.29, 0.717) is 12.0 Å². The highest BCUT2D eigenvalue weighted by Crippen LogP contribution is 2.27. The van der Waals surface area contributed by atoms with Crippen molar-refractivity contribution in [2.45, 2.75) is 44.1 Å². The number of aromatic nitrogens is 2. The Kier molecular flexibility index (Phi) is 7.55. The van der Waals surface area contributed by atoms with Crippen LogP contribution in [-0.4, -0.2) is 46.3 Å². The molecular weight excluding hydrogens is 513 g/mol. The molecule has 0 radical (unpaired) electrons. The average molecular weight is 545 g/mol. The van der Waals surface area contributed by atoms with E-state index in [9.17, 15) is 0 Å². The molecule has 2 aliphatic rings. The molecule has 2 atom stereocenters. The normalized spacial score (nSPS) is 20.7. The van der Waals surface area contributed by atoms with Crippen molar-refractivity contribution in [3.05, 3.63) is 77.5 Å². The highest BCUT2D eigenvalue weighted by atomic mass is 127. The van der Waals surface area contributed by atoms with Gasteiger partial charge in [0.05, 0.1) is 12.5 Å². The molecular formula is C25H32IN5O. The monoisotopic (exact) mass is 545 g/mol. The second-order valence-corrected chi connectivity index (χ2v) is 8.77. The van der Waals surface area contributed by atoms with Crippen molar-refractivity contribution in [1.29, 1.82) is 0 Å². The smallest absolute Gasteiger partial charge is 0.194 e. The summed E-state index contributed by atoms with van der Waals surface area (Å²) < 4.78 is 7.39. The van der Waals surface area contributed by atoms with Gasteiger partial charge in [-0.3, -0.25) is 9.67 Å². The summed E-state index contributed by atoms with van der Waals surface area (Å²) in [5.41, 5.74) is 4.29. The number of likely N-dealkylation sites (tertiary alicyclic amines) is 1. The molecule has 170 valence electrons. The quantitative estimate of drug-likeness (QED) is 0.297. The molecule has 32 heavy (non-hydrogen) atoms. The number of nitrogens with one attached hydrogen (secondary N) is 1. The topological polar surface area (TPSA) is 58.6 Å². The molecule has 1 saturated heterocycles. The van der Waals surface area contributed by atoms with E-state index in [4.69, 9.17) is 9.41 Å². The maximum atomic E-state index is 5.49. The Morgan fingerprint density at radius 1 is 1.19 bits per heavy atom. The van der Waals surface area contributed by atoms with Crippen molar-refractivity contribution in [3.63, 3.8) is 0 Å². The van der Waals surface area contributed by atoms with E-state index in [-0.39, 0.29) is 24.0 Å². The molecule has 6 nitrogen and oxygen atoms in total. The third-order valence-electron chi connectivity index (χ3n) is 6.56. The maximum Gasteiger partial charge on any atom is 0.194 e. The largest absolute Gasteiger partial charge is 0.469 e. The fourth-order valence-electron chi connectivity index (χ4n) is 4.84. The Balaban J connectivity index is 0.00000245. The number of rotatable bonds is 5. The van der Waals surface area contributed by atoms with Crippen LogP contribution >= 0.6 is 24.0 Å². The van der Waals surface area contributed by atoms with Crippen molar-refractivity contribution in [1.82, 2.24) is 20.0 Å². The van der Waals surface area contributed by atoms with Gasteiger partial charge in [0.2, 0.25) is 0 Å². The molecule has 1 N–H and O–H groups in total. The Labute approximate surface area is 207 Å². The van der Waals surface area contributed by atoms with E-state index >= 15 is 0 Å². The predicted octanol–water partition coefficient (Wildman–Crippen LogP) is 4.17. The lowest BCUT2D eigenvalue weighted by molar-refractivity contribution is 0.444. The first-order valence-electron chi connectivity index (χ1n) is 11.4. The highest BCUT2D eigenvalue weighted by Gasteiger charge is 2.29. The molecule has 0 bridgehead atoms. The average Bonchev–Trinajstić information content (AvgIpc) is 3.55. The van der Waals surface area contributed by atoms with E-state index < -0.39 is 0 Å². The molecule has 0 spiro atoms. The number of hydrogen-bond donors (Lipinski definition) is 1. The van der Waals surface area contributed by atoms with Crippen LogP contribution in [0.5, 0.6) is 0 Å².